The van der Waals surface area contributed by atoms with Crippen molar-refractivity contribution in [3.05, 3.63) is 90.1 Å². The van der Waals surface area contributed by atoms with Gasteiger partial charge in [0.2, 0.25) is 0 Å². The van der Waals surface area contributed by atoms with Crippen LogP contribution in [0.1, 0.15) is 21.6 Å². The number of fused-ring (bicyclic) bond motifs is 1. The van der Waals surface area contributed by atoms with Crippen molar-refractivity contribution >= 4 is 11.6 Å². The van der Waals surface area contributed by atoms with E-state index in [4.69, 9.17) is 4.74 Å². The molecule has 4 rings (SSSR count). The van der Waals surface area contributed by atoms with Gasteiger partial charge in [-0.15, -0.1) is 0 Å². The Balaban J connectivity index is 1.49. The number of carbonyl (C=O) groups is 1. The van der Waals surface area contributed by atoms with Crippen LogP contribution in [0, 0.1) is 6.92 Å². The van der Waals surface area contributed by atoms with Crippen molar-refractivity contribution in [2.24, 2.45) is 0 Å². The Morgan fingerprint density at radius 3 is 2.76 bits per heavy atom. The van der Waals surface area contributed by atoms with Gasteiger partial charge in [0.05, 0.1) is 11.3 Å². The van der Waals surface area contributed by atoms with E-state index in [1.807, 2.05) is 83.1 Å². The molecule has 0 amide bonds. The van der Waals surface area contributed by atoms with Crippen molar-refractivity contribution in [1.82, 2.24) is 14.0 Å². The monoisotopic (exact) mass is 331 g/mol. The summed E-state index contributed by atoms with van der Waals surface area (Å²) in [4.78, 5) is 16.8. The zero-order valence-electron chi connectivity index (χ0n) is 13.8. The molecular weight excluding hydrogens is 314 g/mol. The highest BCUT2D eigenvalue weighted by atomic mass is 16.5. The Morgan fingerprint density at radius 2 is 1.92 bits per heavy atom. The van der Waals surface area contributed by atoms with Gasteiger partial charge in [-0.25, -0.2) is 9.78 Å². The number of aryl methyl sites for hydroxylation is 1. The molecule has 3 aromatic heterocycles. The molecule has 4 aromatic rings. The molecule has 0 fully saturated rings. The van der Waals surface area contributed by atoms with E-state index in [9.17, 15) is 4.79 Å². The van der Waals surface area contributed by atoms with Crippen LogP contribution < -0.4 is 0 Å². The number of nitrogens with zero attached hydrogens (tertiary/aromatic N) is 3. The fourth-order valence-electron chi connectivity index (χ4n) is 2.75. The number of esters is 1. The minimum absolute atomic E-state index is 0.146. The van der Waals surface area contributed by atoms with E-state index in [0.717, 1.165) is 22.6 Å². The zero-order chi connectivity index (χ0) is 17.2. The van der Waals surface area contributed by atoms with E-state index in [-0.39, 0.29) is 12.6 Å². The van der Waals surface area contributed by atoms with Crippen molar-refractivity contribution in [1.29, 1.82) is 0 Å². The molecule has 0 N–H and O–H groups in total. The van der Waals surface area contributed by atoms with E-state index in [0.29, 0.717) is 5.56 Å². The second-order valence-corrected chi connectivity index (χ2v) is 5.92. The number of aromatic nitrogens is 3. The lowest BCUT2D eigenvalue weighted by atomic mass is 10.2. The lowest BCUT2D eigenvalue weighted by Gasteiger charge is -2.06. The average Bonchev–Trinajstić information content (AvgIpc) is 3.29. The summed E-state index contributed by atoms with van der Waals surface area (Å²) >= 11 is 0. The smallest absolute Gasteiger partial charge is 0.338 e. The summed E-state index contributed by atoms with van der Waals surface area (Å²) in [6.45, 7) is 2.17. The molecule has 25 heavy (non-hydrogen) atoms. The first-order chi connectivity index (χ1) is 12.2. The first-order valence-electron chi connectivity index (χ1n) is 8.04. The van der Waals surface area contributed by atoms with Crippen molar-refractivity contribution in [3.63, 3.8) is 0 Å². The van der Waals surface area contributed by atoms with E-state index in [1.54, 1.807) is 6.07 Å². The number of benzene rings is 1. The number of imidazole rings is 1. The molecule has 0 atom stereocenters. The summed E-state index contributed by atoms with van der Waals surface area (Å²) < 4.78 is 9.30. The molecule has 0 aliphatic carbocycles. The molecule has 0 aliphatic heterocycles. The molecule has 1 aromatic carbocycles. The molecule has 0 unspecified atom stereocenters. The van der Waals surface area contributed by atoms with Gasteiger partial charge in [-0.1, -0.05) is 12.1 Å². The normalized spacial score (nSPS) is 10.9. The zero-order valence-corrected chi connectivity index (χ0v) is 13.8. The lowest BCUT2D eigenvalue weighted by Crippen LogP contribution is -2.06. The highest BCUT2D eigenvalue weighted by molar-refractivity contribution is 5.90. The fourth-order valence-corrected chi connectivity index (χ4v) is 2.75. The number of carbonyl (C=O) groups excluding carboxylic acids is 1. The number of ether oxygens (including phenoxy) is 1. The van der Waals surface area contributed by atoms with E-state index >= 15 is 0 Å². The Labute approximate surface area is 145 Å². The molecule has 0 spiro atoms. The molecule has 0 aliphatic rings. The van der Waals surface area contributed by atoms with Crippen LogP contribution in [0.4, 0.5) is 0 Å². The van der Waals surface area contributed by atoms with E-state index in [1.165, 1.54) is 0 Å². The van der Waals surface area contributed by atoms with Gasteiger partial charge in [0.25, 0.3) is 0 Å². The molecule has 0 radical (unpaired) electrons. The summed E-state index contributed by atoms with van der Waals surface area (Å²) in [6.07, 6.45) is 7.74. The molecule has 124 valence electrons. The van der Waals surface area contributed by atoms with Crippen LogP contribution in [0.3, 0.4) is 0 Å². The summed E-state index contributed by atoms with van der Waals surface area (Å²) in [5, 5.41) is 0. The maximum absolute atomic E-state index is 12.3. The van der Waals surface area contributed by atoms with Crippen molar-refractivity contribution < 1.29 is 9.53 Å². The Kier molecular flexibility index (Phi) is 3.82. The SMILES string of the molecule is Cc1ccc2nc(COC(=O)c3cccc(-n4cccc4)c3)cn2c1. The van der Waals surface area contributed by atoms with Gasteiger partial charge < -0.3 is 13.7 Å². The number of rotatable bonds is 4. The molecule has 0 saturated heterocycles. The number of hydrogen-bond acceptors (Lipinski definition) is 3. The third-order valence-electron chi connectivity index (χ3n) is 3.98. The van der Waals surface area contributed by atoms with Gasteiger partial charge in [-0.2, -0.15) is 0 Å². The molecule has 0 saturated carbocycles. The Morgan fingerprint density at radius 1 is 1.08 bits per heavy atom. The van der Waals surface area contributed by atoms with Crippen LogP contribution in [0.2, 0.25) is 0 Å². The van der Waals surface area contributed by atoms with Crippen molar-refractivity contribution in [3.8, 4) is 5.69 Å². The second-order valence-electron chi connectivity index (χ2n) is 5.92. The predicted molar refractivity (Wildman–Crippen MR) is 94.8 cm³/mol. The van der Waals surface area contributed by atoms with E-state index in [2.05, 4.69) is 4.98 Å². The molecular formula is C20H17N3O2. The second kappa shape index (κ2) is 6.28. The number of hydrogen-bond donors (Lipinski definition) is 0. The van der Waals surface area contributed by atoms with Crippen LogP contribution in [-0.4, -0.2) is 19.9 Å². The predicted octanol–water partition coefficient (Wildman–Crippen LogP) is 3.79. The van der Waals surface area contributed by atoms with Crippen LogP contribution in [0.15, 0.2) is 73.3 Å². The highest BCUT2D eigenvalue weighted by Gasteiger charge is 2.10. The lowest BCUT2D eigenvalue weighted by molar-refractivity contribution is 0.0468. The van der Waals surface area contributed by atoms with Gasteiger partial charge in [0.1, 0.15) is 12.3 Å². The fraction of sp³-hybridized carbons (Fsp3) is 0.100. The summed E-state index contributed by atoms with van der Waals surface area (Å²) in [7, 11) is 0. The van der Waals surface area contributed by atoms with Gasteiger partial charge >= 0.3 is 5.97 Å². The molecule has 5 heteroatoms. The largest absolute Gasteiger partial charge is 0.456 e. The maximum Gasteiger partial charge on any atom is 0.338 e. The van der Waals surface area contributed by atoms with Gasteiger partial charge in [0, 0.05) is 30.5 Å². The van der Waals surface area contributed by atoms with E-state index < -0.39 is 0 Å². The van der Waals surface area contributed by atoms with Crippen molar-refractivity contribution in [2.75, 3.05) is 0 Å². The minimum Gasteiger partial charge on any atom is -0.456 e. The van der Waals surface area contributed by atoms with Crippen LogP contribution in [0.25, 0.3) is 11.3 Å². The first-order valence-corrected chi connectivity index (χ1v) is 8.04. The molecule has 5 nitrogen and oxygen atoms in total. The quantitative estimate of drug-likeness (QED) is 0.535. The van der Waals surface area contributed by atoms with Gasteiger partial charge in [0.15, 0.2) is 0 Å². The number of pyridine rings is 1. The highest BCUT2D eigenvalue weighted by Crippen LogP contribution is 2.13. The molecule has 0 bridgehead atoms. The molecule has 3 heterocycles. The third kappa shape index (κ3) is 3.17. The Bertz CT molecular complexity index is 1030. The first kappa shape index (κ1) is 15.2. The topological polar surface area (TPSA) is 48.5 Å². The summed E-state index contributed by atoms with van der Waals surface area (Å²) in [5.74, 6) is -0.359. The van der Waals surface area contributed by atoms with Crippen LogP contribution >= 0.6 is 0 Å². The summed E-state index contributed by atoms with van der Waals surface area (Å²) in [5.41, 5.74) is 4.15. The minimum atomic E-state index is -0.359. The van der Waals surface area contributed by atoms with Crippen molar-refractivity contribution in [2.45, 2.75) is 13.5 Å². The average molecular weight is 331 g/mol. The van der Waals surface area contributed by atoms with Crippen LogP contribution in [0.5, 0.6) is 0 Å². The summed E-state index contributed by atoms with van der Waals surface area (Å²) in [6, 6.07) is 15.2. The maximum atomic E-state index is 12.3. The van der Waals surface area contributed by atoms with Gasteiger partial charge in [-0.3, -0.25) is 0 Å². The third-order valence-corrected chi connectivity index (χ3v) is 3.98. The standard InChI is InChI=1S/C20H17N3O2/c1-15-7-8-19-21-17(13-23(19)12-15)14-25-20(24)16-5-4-6-18(11-16)22-9-2-3-10-22/h2-13H,14H2,1H3. The van der Waals surface area contributed by atoms with Crippen LogP contribution in [-0.2, 0) is 11.3 Å². The Hall–Kier alpha value is -3.34. The van der Waals surface area contributed by atoms with Gasteiger partial charge in [-0.05, 0) is 48.9 Å².